The van der Waals surface area contributed by atoms with Crippen molar-refractivity contribution in [3.05, 3.63) is 58.8 Å². The number of fused-ring (bicyclic) bond motifs is 1. The van der Waals surface area contributed by atoms with Crippen LogP contribution in [-0.4, -0.2) is 20.6 Å². The van der Waals surface area contributed by atoms with E-state index < -0.39 is 15.7 Å². The normalized spacial score (nSPS) is 11.6. The molecule has 3 rings (SSSR count). The third-order valence-corrected chi connectivity index (χ3v) is 5.01. The van der Waals surface area contributed by atoms with Gasteiger partial charge in [0.05, 0.1) is 4.90 Å². The van der Waals surface area contributed by atoms with E-state index in [2.05, 4.69) is 5.32 Å². The van der Waals surface area contributed by atoms with Crippen LogP contribution in [0, 0.1) is 6.92 Å². The summed E-state index contributed by atoms with van der Waals surface area (Å²) in [5.74, 6) is -0.216. The molecular weight excluding hydrogens is 350 g/mol. The van der Waals surface area contributed by atoms with Crippen LogP contribution in [0.3, 0.4) is 0 Å². The molecule has 0 aliphatic carbocycles. The Morgan fingerprint density at radius 1 is 1.12 bits per heavy atom. The van der Waals surface area contributed by atoms with Gasteiger partial charge in [0.15, 0.2) is 15.6 Å². The SMILES string of the molecule is Cc1c(C(=O)Nc2ccc(S(C)(=O)=O)cc2)oc2ccc(Cl)cc12. The monoisotopic (exact) mass is 363 g/mol. The lowest BCUT2D eigenvalue weighted by atomic mass is 10.1. The van der Waals surface area contributed by atoms with Gasteiger partial charge in [-0.2, -0.15) is 0 Å². The first kappa shape index (κ1) is 16.5. The van der Waals surface area contributed by atoms with Crippen molar-refractivity contribution in [2.24, 2.45) is 0 Å². The van der Waals surface area contributed by atoms with Crippen LogP contribution < -0.4 is 5.32 Å². The van der Waals surface area contributed by atoms with Crippen molar-refractivity contribution in [2.75, 3.05) is 11.6 Å². The van der Waals surface area contributed by atoms with Gasteiger partial charge in [-0.25, -0.2) is 8.42 Å². The van der Waals surface area contributed by atoms with Gasteiger partial charge in [0.25, 0.3) is 5.91 Å². The first-order valence-electron chi connectivity index (χ1n) is 7.06. The summed E-state index contributed by atoms with van der Waals surface area (Å²) in [5, 5.41) is 4.04. The van der Waals surface area contributed by atoms with E-state index in [1.807, 2.05) is 0 Å². The predicted octanol–water partition coefficient (Wildman–Crippen LogP) is 4.05. The van der Waals surface area contributed by atoms with E-state index in [1.54, 1.807) is 25.1 Å². The van der Waals surface area contributed by atoms with E-state index in [4.69, 9.17) is 16.0 Å². The number of anilines is 1. The molecule has 24 heavy (non-hydrogen) atoms. The molecule has 3 aromatic rings. The lowest BCUT2D eigenvalue weighted by molar-refractivity contribution is 0.0998. The van der Waals surface area contributed by atoms with Gasteiger partial charge >= 0.3 is 0 Å². The maximum absolute atomic E-state index is 12.4. The molecule has 7 heteroatoms. The second-order valence-corrected chi connectivity index (χ2v) is 7.90. The molecule has 1 aromatic heterocycles. The van der Waals surface area contributed by atoms with Crippen LogP contribution in [0.5, 0.6) is 0 Å². The van der Waals surface area contributed by atoms with Gasteiger partial charge in [0.2, 0.25) is 0 Å². The van der Waals surface area contributed by atoms with Gasteiger partial charge in [-0.15, -0.1) is 0 Å². The molecule has 0 aliphatic heterocycles. The largest absolute Gasteiger partial charge is 0.451 e. The molecule has 1 N–H and O–H groups in total. The fraction of sp³-hybridized carbons (Fsp3) is 0.118. The van der Waals surface area contributed by atoms with Crippen LogP contribution in [-0.2, 0) is 9.84 Å². The number of carbonyl (C=O) groups excluding carboxylic acids is 1. The van der Waals surface area contributed by atoms with E-state index in [1.165, 1.54) is 24.3 Å². The van der Waals surface area contributed by atoms with Gasteiger partial charge in [0.1, 0.15) is 5.58 Å². The Balaban J connectivity index is 1.89. The van der Waals surface area contributed by atoms with Crippen molar-refractivity contribution in [1.29, 1.82) is 0 Å². The third-order valence-electron chi connectivity index (χ3n) is 3.64. The highest BCUT2D eigenvalue weighted by Crippen LogP contribution is 2.28. The maximum Gasteiger partial charge on any atom is 0.291 e. The fourth-order valence-electron chi connectivity index (χ4n) is 2.38. The summed E-state index contributed by atoms with van der Waals surface area (Å²) >= 11 is 5.97. The van der Waals surface area contributed by atoms with E-state index >= 15 is 0 Å². The number of aryl methyl sites for hydroxylation is 1. The van der Waals surface area contributed by atoms with Gasteiger partial charge in [-0.3, -0.25) is 4.79 Å². The average Bonchev–Trinajstić information content (AvgIpc) is 2.84. The minimum atomic E-state index is -3.27. The zero-order chi connectivity index (χ0) is 17.5. The Hall–Kier alpha value is -2.31. The first-order chi connectivity index (χ1) is 11.3. The topological polar surface area (TPSA) is 76.4 Å². The summed E-state index contributed by atoms with van der Waals surface area (Å²) in [7, 11) is -3.27. The maximum atomic E-state index is 12.4. The summed E-state index contributed by atoms with van der Waals surface area (Å²) in [6.45, 7) is 1.78. The van der Waals surface area contributed by atoms with Crippen LogP contribution in [0.15, 0.2) is 51.8 Å². The number of sulfone groups is 1. The van der Waals surface area contributed by atoms with Crippen LogP contribution in [0.4, 0.5) is 5.69 Å². The number of carbonyl (C=O) groups is 1. The Kier molecular flexibility index (Phi) is 4.11. The van der Waals surface area contributed by atoms with E-state index in [0.717, 1.165) is 11.6 Å². The summed E-state index contributed by atoms with van der Waals surface area (Å²) in [6, 6.07) is 11.1. The van der Waals surface area contributed by atoms with Crippen LogP contribution >= 0.6 is 11.6 Å². The molecule has 0 radical (unpaired) electrons. The van der Waals surface area contributed by atoms with Crippen molar-refractivity contribution >= 4 is 44.0 Å². The number of nitrogens with one attached hydrogen (secondary N) is 1. The predicted molar refractivity (Wildman–Crippen MR) is 93.5 cm³/mol. The summed E-state index contributed by atoms with van der Waals surface area (Å²) in [5.41, 5.74) is 1.75. The van der Waals surface area contributed by atoms with E-state index in [0.29, 0.717) is 21.9 Å². The Morgan fingerprint density at radius 2 is 1.79 bits per heavy atom. The molecule has 1 heterocycles. The third kappa shape index (κ3) is 3.16. The van der Waals surface area contributed by atoms with Gasteiger partial charge < -0.3 is 9.73 Å². The number of hydrogen-bond acceptors (Lipinski definition) is 4. The molecule has 0 bridgehead atoms. The number of halogens is 1. The van der Waals surface area contributed by atoms with Crippen LogP contribution in [0.2, 0.25) is 5.02 Å². The average molecular weight is 364 g/mol. The van der Waals surface area contributed by atoms with Gasteiger partial charge in [-0.1, -0.05) is 11.6 Å². The van der Waals surface area contributed by atoms with Gasteiger partial charge in [-0.05, 0) is 49.4 Å². The number of rotatable bonds is 3. The second kappa shape index (κ2) is 5.96. The minimum absolute atomic E-state index is 0.190. The molecule has 0 saturated carbocycles. The van der Waals surface area contributed by atoms with Crippen LogP contribution in [0.1, 0.15) is 16.1 Å². The van der Waals surface area contributed by atoms with Crippen molar-refractivity contribution in [1.82, 2.24) is 0 Å². The van der Waals surface area contributed by atoms with E-state index in [9.17, 15) is 13.2 Å². The molecule has 0 spiro atoms. The molecule has 5 nitrogen and oxygen atoms in total. The molecule has 0 saturated heterocycles. The molecular formula is C17H14ClNO4S. The first-order valence-corrected chi connectivity index (χ1v) is 9.33. The molecule has 0 atom stereocenters. The number of benzene rings is 2. The fourth-order valence-corrected chi connectivity index (χ4v) is 3.19. The molecule has 2 aromatic carbocycles. The summed E-state index contributed by atoms with van der Waals surface area (Å²) in [4.78, 5) is 12.6. The van der Waals surface area contributed by atoms with Crippen molar-refractivity contribution in [2.45, 2.75) is 11.8 Å². The van der Waals surface area contributed by atoms with E-state index in [-0.39, 0.29) is 10.7 Å². The van der Waals surface area contributed by atoms with Crippen molar-refractivity contribution in [3.8, 4) is 0 Å². The Bertz CT molecular complexity index is 1040. The second-order valence-electron chi connectivity index (χ2n) is 5.45. The quantitative estimate of drug-likeness (QED) is 0.761. The number of hydrogen-bond donors (Lipinski definition) is 1. The smallest absolute Gasteiger partial charge is 0.291 e. The standard InChI is InChI=1S/C17H14ClNO4S/c1-10-14-9-11(18)3-8-15(14)23-16(10)17(20)19-12-4-6-13(7-5-12)24(2,21)22/h3-9H,1-2H3,(H,19,20). The molecule has 1 amide bonds. The molecule has 0 unspecified atom stereocenters. The summed E-state index contributed by atoms with van der Waals surface area (Å²) < 4.78 is 28.5. The molecule has 0 fully saturated rings. The van der Waals surface area contributed by atoms with Gasteiger partial charge in [0, 0.05) is 27.9 Å². The zero-order valence-corrected chi connectivity index (χ0v) is 14.5. The lowest BCUT2D eigenvalue weighted by Gasteiger charge is -2.05. The lowest BCUT2D eigenvalue weighted by Crippen LogP contribution is -2.12. The number of amides is 1. The number of furan rings is 1. The van der Waals surface area contributed by atoms with Crippen molar-refractivity contribution < 1.29 is 17.6 Å². The highest BCUT2D eigenvalue weighted by Gasteiger charge is 2.18. The summed E-state index contributed by atoms with van der Waals surface area (Å²) in [6.07, 6.45) is 1.13. The molecule has 124 valence electrons. The zero-order valence-electron chi connectivity index (χ0n) is 13.0. The molecule has 0 aliphatic rings. The minimum Gasteiger partial charge on any atom is -0.451 e. The van der Waals surface area contributed by atoms with Crippen LogP contribution in [0.25, 0.3) is 11.0 Å². The Morgan fingerprint density at radius 3 is 2.42 bits per heavy atom. The highest BCUT2D eigenvalue weighted by atomic mass is 35.5. The highest BCUT2D eigenvalue weighted by molar-refractivity contribution is 7.90. The van der Waals surface area contributed by atoms with Crippen molar-refractivity contribution in [3.63, 3.8) is 0 Å². The Labute approximate surface area is 144 Å².